The van der Waals surface area contributed by atoms with Gasteiger partial charge >= 0.3 is 0 Å². The quantitative estimate of drug-likeness (QED) is 0.865. The summed E-state index contributed by atoms with van der Waals surface area (Å²) in [6.45, 7) is 4.53. The van der Waals surface area contributed by atoms with E-state index in [1.807, 2.05) is 31.1 Å². The highest BCUT2D eigenvalue weighted by Crippen LogP contribution is 2.22. The number of para-hydroxylation sites is 1. The van der Waals surface area contributed by atoms with E-state index in [9.17, 15) is 0 Å². The van der Waals surface area contributed by atoms with E-state index in [-0.39, 0.29) is 0 Å². The largest absolute Gasteiger partial charge is 0.312 e. The van der Waals surface area contributed by atoms with Crippen LogP contribution in [-0.4, -0.2) is 23.5 Å². The monoisotopic (exact) mass is 274 g/mol. The molecule has 102 valence electrons. The molecule has 0 radical (unpaired) electrons. The van der Waals surface area contributed by atoms with Crippen LogP contribution in [0.2, 0.25) is 0 Å². The zero-order valence-corrected chi connectivity index (χ0v) is 12.7. The number of rotatable bonds is 6. The van der Waals surface area contributed by atoms with Crippen LogP contribution in [0.15, 0.2) is 36.5 Å². The number of hydrogen-bond donors (Lipinski definition) is 1. The van der Waals surface area contributed by atoms with Gasteiger partial charge in [0.2, 0.25) is 0 Å². The lowest BCUT2D eigenvalue weighted by molar-refractivity contribution is 0.658. The molecule has 0 aliphatic rings. The number of hydrogen-bond acceptors (Lipinski definition) is 3. The number of thioether (sulfide) groups is 1. The lowest BCUT2D eigenvalue weighted by Gasteiger charge is -2.17. The number of pyridine rings is 1. The summed E-state index contributed by atoms with van der Waals surface area (Å²) in [5, 5.41) is 4.61. The Morgan fingerprint density at radius 3 is 2.74 bits per heavy atom. The van der Waals surface area contributed by atoms with Gasteiger partial charge in [0, 0.05) is 23.4 Å². The molecule has 1 aromatic carbocycles. The maximum atomic E-state index is 4.54. The van der Waals surface area contributed by atoms with Crippen LogP contribution < -0.4 is 5.32 Å². The van der Waals surface area contributed by atoms with Crippen molar-refractivity contribution < 1.29 is 0 Å². The number of benzene rings is 1. The van der Waals surface area contributed by atoms with Gasteiger partial charge in [0.1, 0.15) is 0 Å². The Morgan fingerprint density at radius 1 is 1.21 bits per heavy atom. The summed E-state index contributed by atoms with van der Waals surface area (Å²) in [5.41, 5.74) is 2.34. The molecule has 0 aliphatic heterocycles. The van der Waals surface area contributed by atoms with Crippen molar-refractivity contribution in [2.45, 2.75) is 19.9 Å². The van der Waals surface area contributed by atoms with Gasteiger partial charge in [-0.25, -0.2) is 0 Å². The molecule has 0 amide bonds. The number of fused-ring (bicyclic) bond motifs is 1. The van der Waals surface area contributed by atoms with E-state index in [1.165, 1.54) is 16.7 Å². The summed E-state index contributed by atoms with van der Waals surface area (Å²) in [6.07, 6.45) is 2.00. The molecule has 19 heavy (non-hydrogen) atoms. The van der Waals surface area contributed by atoms with E-state index in [1.54, 1.807) is 0 Å². The first-order valence-electron chi connectivity index (χ1n) is 6.80. The van der Waals surface area contributed by atoms with Crippen molar-refractivity contribution in [3.05, 3.63) is 42.1 Å². The van der Waals surface area contributed by atoms with E-state index in [4.69, 9.17) is 0 Å². The zero-order chi connectivity index (χ0) is 13.7. The van der Waals surface area contributed by atoms with Crippen LogP contribution in [0.4, 0.5) is 0 Å². The molecule has 1 atom stereocenters. The van der Waals surface area contributed by atoms with Crippen molar-refractivity contribution in [1.29, 1.82) is 0 Å². The molecular weight excluding hydrogens is 252 g/mol. The van der Waals surface area contributed by atoms with Crippen LogP contribution in [-0.2, 0) is 0 Å². The zero-order valence-electron chi connectivity index (χ0n) is 11.9. The topological polar surface area (TPSA) is 24.9 Å². The second kappa shape index (κ2) is 6.92. The molecular formula is C16H22N2S. The molecule has 0 bridgehead atoms. The molecule has 2 nitrogen and oxygen atoms in total. The fourth-order valence-corrected chi connectivity index (χ4v) is 3.25. The Labute approximate surface area is 120 Å². The van der Waals surface area contributed by atoms with Crippen molar-refractivity contribution in [2.75, 3.05) is 18.6 Å². The first-order chi connectivity index (χ1) is 9.20. The first kappa shape index (κ1) is 14.4. The summed E-state index contributed by atoms with van der Waals surface area (Å²) >= 11 is 2.00. The summed E-state index contributed by atoms with van der Waals surface area (Å²) in [7, 11) is 2.02. The summed E-state index contributed by atoms with van der Waals surface area (Å²) < 4.78 is 0. The third kappa shape index (κ3) is 3.95. The molecule has 2 aromatic rings. The average molecular weight is 274 g/mol. The Bertz CT molecular complexity index is 525. The second-order valence-electron chi connectivity index (χ2n) is 5.23. The Balaban J connectivity index is 2.11. The Morgan fingerprint density at radius 2 is 2.00 bits per heavy atom. The van der Waals surface area contributed by atoms with Gasteiger partial charge in [-0.3, -0.25) is 4.98 Å². The van der Waals surface area contributed by atoms with Crippen molar-refractivity contribution in [2.24, 2.45) is 5.92 Å². The summed E-state index contributed by atoms with van der Waals surface area (Å²) in [5.74, 6) is 3.05. The predicted octanol–water partition coefficient (Wildman–Crippen LogP) is 3.88. The summed E-state index contributed by atoms with van der Waals surface area (Å²) in [6, 6.07) is 10.9. The van der Waals surface area contributed by atoms with Crippen LogP contribution in [0.5, 0.6) is 0 Å². The van der Waals surface area contributed by atoms with Crippen LogP contribution in [0, 0.1) is 5.92 Å². The minimum atomic E-state index is 0.376. The van der Waals surface area contributed by atoms with Gasteiger partial charge in [-0.2, -0.15) is 11.8 Å². The van der Waals surface area contributed by atoms with Gasteiger partial charge < -0.3 is 5.32 Å². The van der Waals surface area contributed by atoms with Gasteiger partial charge in [0.05, 0.1) is 5.52 Å². The minimum Gasteiger partial charge on any atom is -0.312 e. The SMILES string of the molecule is CNC(CSCC(C)C)c1cnc2ccccc2c1. The molecule has 1 heterocycles. The highest BCUT2D eigenvalue weighted by molar-refractivity contribution is 7.99. The van der Waals surface area contributed by atoms with Crippen molar-refractivity contribution in [1.82, 2.24) is 10.3 Å². The van der Waals surface area contributed by atoms with Crippen LogP contribution >= 0.6 is 11.8 Å². The molecule has 1 unspecified atom stereocenters. The fraction of sp³-hybridized carbons (Fsp3) is 0.438. The molecule has 0 saturated heterocycles. The van der Waals surface area contributed by atoms with Gasteiger partial charge in [-0.05, 0) is 36.4 Å². The van der Waals surface area contributed by atoms with E-state index in [0.29, 0.717) is 6.04 Å². The molecule has 2 rings (SSSR count). The van der Waals surface area contributed by atoms with Gasteiger partial charge in [0.25, 0.3) is 0 Å². The standard InChI is InChI=1S/C16H22N2S/c1-12(2)10-19-11-16(17-3)14-8-13-6-4-5-7-15(13)18-9-14/h4-9,12,16-17H,10-11H2,1-3H3. The van der Waals surface area contributed by atoms with E-state index in [2.05, 4.69) is 48.4 Å². The Hall–Kier alpha value is -1.06. The number of nitrogens with one attached hydrogen (secondary N) is 1. The van der Waals surface area contributed by atoms with E-state index in [0.717, 1.165) is 17.2 Å². The van der Waals surface area contributed by atoms with Gasteiger partial charge in [0.15, 0.2) is 0 Å². The molecule has 0 fully saturated rings. The number of nitrogens with zero attached hydrogens (tertiary/aromatic N) is 1. The molecule has 1 N–H and O–H groups in total. The van der Waals surface area contributed by atoms with Crippen molar-refractivity contribution in [3.63, 3.8) is 0 Å². The smallest absolute Gasteiger partial charge is 0.0702 e. The molecule has 1 aromatic heterocycles. The number of aromatic nitrogens is 1. The molecule has 3 heteroatoms. The van der Waals surface area contributed by atoms with Crippen molar-refractivity contribution in [3.8, 4) is 0 Å². The fourth-order valence-electron chi connectivity index (χ4n) is 2.05. The first-order valence-corrected chi connectivity index (χ1v) is 7.96. The second-order valence-corrected chi connectivity index (χ2v) is 6.31. The van der Waals surface area contributed by atoms with Crippen LogP contribution in [0.25, 0.3) is 10.9 Å². The summed E-state index contributed by atoms with van der Waals surface area (Å²) in [4.78, 5) is 4.54. The van der Waals surface area contributed by atoms with Crippen LogP contribution in [0.3, 0.4) is 0 Å². The third-order valence-corrected chi connectivity index (χ3v) is 4.57. The predicted molar refractivity (Wildman–Crippen MR) is 85.7 cm³/mol. The van der Waals surface area contributed by atoms with Gasteiger partial charge in [-0.15, -0.1) is 0 Å². The normalized spacial score (nSPS) is 13.1. The van der Waals surface area contributed by atoms with E-state index >= 15 is 0 Å². The lowest BCUT2D eigenvalue weighted by atomic mass is 10.1. The highest BCUT2D eigenvalue weighted by atomic mass is 32.2. The third-order valence-electron chi connectivity index (χ3n) is 3.10. The van der Waals surface area contributed by atoms with Crippen LogP contribution in [0.1, 0.15) is 25.5 Å². The van der Waals surface area contributed by atoms with E-state index < -0.39 is 0 Å². The molecule has 0 spiro atoms. The molecule has 0 saturated carbocycles. The maximum absolute atomic E-state index is 4.54. The molecule has 0 aliphatic carbocycles. The Kier molecular flexibility index (Phi) is 5.23. The minimum absolute atomic E-state index is 0.376. The van der Waals surface area contributed by atoms with Gasteiger partial charge in [-0.1, -0.05) is 32.0 Å². The highest BCUT2D eigenvalue weighted by Gasteiger charge is 2.10. The lowest BCUT2D eigenvalue weighted by Crippen LogP contribution is -2.19. The van der Waals surface area contributed by atoms with Crippen molar-refractivity contribution >= 4 is 22.7 Å². The average Bonchev–Trinajstić information content (AvgIpc) is 2.43. The maximum Gasteiger partial charge on any atom is 0.0702 e.